The van der Waals surface area contributed by atoms with Crippen molar-refractivity contribution in [3.05, 3.63) is 88.1 Å². The molecular formula is C24H21BrFN3O4. The van der Waals surface area contributed by atoms with Crippen LogP contribution in [0.2, 0.25) is 0 Å². The Morgan fingerprint density at radius 2 is 1.85 bits per heavy atom. The summed E-state index contributed by atoms with van der Waals surface area (Å²) in [6.45, 7) is 2.36. The molecule has 1 aliphatic rings. The lowest BCUT2D eigenvalue weighted by molar-refractivity contribution is -0.140. The number of rotatable bonds is 6. The van der Waals surface area contributed by atoms with Gasteiger partial charge in [0.15, 0.2) is 0 Å². The fourth-order valence-electron chi connectivity index (χ4n) is 3.65. The Labute approximate surface area is 198 Å². The summed E-state index contributed by atoms with van der Waals surface area (Å²) < 4.78 is 19.3. The summed E-state index contributed by atoms with van der Waals surface area (Å²) in [6, 6.07) is 16.3. The quantitative estimate of drug-likeness (QED) is 0.452. The molecule has 3 aromatic rings. The second kappa shape index (κ2) is 9.21. The molecule has 1 atom stereocenters. The third-order valence-corrected chi connectivity index (χ3v) is 5.71. The number of urea groups is 1. The molecule has 3 N–H and O–H groups in total. The summed E-state index contributed by atoms with van der Waals surface area (Å²) >= 11 is 3.37. The summed E-state index contributed by atoms with van der Waals surface area (Å²) in [5.74, 6) is -0.617. The third kappa shape index (κ3) is 4.42. The van der Waals surface area contributed by atoms with Crippen molar-refractivity contribution < 1.29 is 23.8 Å². The summed E-state index contributed by atoms with van der Waals surface area (Å²) in [6.07, 6.45) is 0. The van der Waals surface area contributed by atoms with Gasteiger partial charge in [0.2, 0.25) is 0 Å². The molecule has 9 heteroatoms. The molecule has 0 radical (unpaired) electrons. The lowest BCUT2D eigenvalue weighted by Gasteiger charge is -2.42. The number of amides is 3. The average molecular weight is 514 g/mol. The van der Waals surface area contributed by atoms with Gasteiger partial charge in [-0.15, -0.1) is 0 Å². The van der Waals surface area contributed by atoms with Crippen molar-refractivity contribution in [2.75, 3.05) is 16.8 Å². The zero-order valence-corrected chi connectivity index (χ0v) is 19.2. The molecule has 0 saturated heterocycles. The van der Waals surface area contributed by atoms with Gasteiger partial charge in [0.25, 0.3) is 11.6 Å². The highest BCUT2D eigenvalue weighted by Gasteiger charge is 2.52. The van der Waals surface area contributed by atoms with Crippen LogP contribution in [0, 0.1) is 5.82 Å². The molecule has 33 heavy (non-hydrogen) atoms. The van der Waals surface area contributed by atoms with E-state index in [9.17, 15) is 19.1 Å². The molecule has 0 spiro atoms. The number of carbonyl (C=O) groups is 2. The number of nitrogens with zero attached hydrogens (tertiary/aromatic N) is 1. The second-order valence-corrected chi connectivity index (χ2v) is 8.28. The maximum absolute atomic E-state index is 13.4. The van der Waals surface area contributed by atoms with Crippen molar-refractivity contribution in [2.24, 2.45) is 0 Å². The van der Waals surface area contributed by atoms with Crippen molar-refractivity contribution in [1.82, 2.24) is 5.32 Å². The van der Waals surface area contributed by atoms with Crippen LogP contribution in [0.1, 0.15) is 18.1 Å². The highest BCUT2D eigenvalue weighted by atomic mass is 79.9. The van der Waals surface area contributed by atoms with Crippen LogP contribution in [0.25, 0.3) is 0 Å². The molecule has 3 aromatic carbocycles. The maximum Gasteiger partial charge on any atom is 0.329 e. The van der Waals surface area contributed by atoms with E-state index in [1.807, 2.05) is 6.92 Å². The lowest BCUT2D eigenvalue weighted by atomic mass is 9.94. The molecule has 0 bridgehead atoms. The number of anilines is 2. The molecule has 0 aliphatic carbocycles. The Bertz CT molecular complexity index is 1190. The minimum atomic E-state index is -2.35. The summed E-state index contributed by atoms with van der Waals surface area (Å²) in [5, 5.41) is 17.2. The Hall–Kier alpha value is -3.43. The van der Waals surface area contributed by atoms with E-state index in [1.165, 1.54) is 24.3 Å². The molecule has 0 saturated carbocycles. The number of benzene rings is 3. The first-order chi connectivity index (χ1) is 15.8. The van der Waals surface area contributed by atoms with E-state index in [1.54, 1.807) is 42.5 Å². The van der Waals surface area contributed by atoms with Crippen LogP contribution in [0.4, 0.5) is 20.6 Å². The highest BCUT2D eigenvalue weighted by Crippen LogP contribution is 2.41. The number of fused-ring (bicyclic) bond motifs is 1. The number of hydrogen-bond acceptors (Lipinski definition) is 4. The lowest BCUT2D eigenvalue weighted by Crippen LogP contribution is -2.62. The van der Waals surface area contributed by atoms with E-state index in [-0.39, 0.29) is 12.1 Å². The van der Waals surface area contributed by atoms with E-state index >= 15 is 0 Å². The topological polar surface area (TPSA) is 90.9 Å². The van der Waals surface area contributed by atoms with Gasteiger partial charge in [-0.3, -0.25) is 9.69 Å². The highest BCUT2D eigenvalue weighted by molar-refractivity contribution is 9.10. The third-order valence-electron chi connectivity index (χ3n) is 5.21. The number of halogens is 2. The minimum absolute atomic E-state index is 0.0312. The maximum atomic E-state index is 13.4. The van der Waals surface area contributed by atoms with Crippen LogP contribution >= 0.6 is 15.9 Å². The van der Waals surface area contributed by atoms with Gasteiger partial charge in [-0.25, -0.2) is 9.18 Å². The molecule has 1 heterocycles. The largest absolute Gasteiger partial charge is 0.494 e. The van der Waals surface area contributed by atoms with E-state index < -0.39 is 23.5 Å². The SMILES string of the molecule is CCOc1ccc(N2C(=O)Nc3ccc(Br)cc3[C@@]2(O)C(=O)NCc2ccc(F)cc2)cc1. The van der Waals surface area contributed by atoms with Gasteiger partial charge in [-0.2, -0.15) is 0 Å². The van der Waals surface area contributed by atoms with Gasteiger partial charge in [0.1, 0.15) is 11.6 Å². The average Bonchev–Trinajstić information content (AvgIpc) is 2.80. The van der Waals surface area contributed by atoms with Crippen LogP contribution in [0.3, 0.4) is 0 Å². The zero-order valence-electron chi connectivity index (χ0n) is 17.6. The van der Waals surface area contributed by atoms with Crippen molar-refractivity contribution in [3.63, 3.8) is 0 Å². The summed E-state index contributed by atoms with van der Waals surface area (Å²) in [7, 11) is 0. The van der Waals surface area contributed by atoms with Crippen molar-refractivity contribution in [1.29, 1.82) is 0 Å². The number of nitrogens with one attached hydrogen (secondary N) is 2. The van der Waals surface area contributed by atoms with Crippen LogP contribution in [-0.4, -0.2) is 23.7 Å². The number of ether oxygens (including phenoxy) is 1. The van der Waals surface area contributed by atoms with Gasteiger partial charge >= 0.3 is 6.03 Å². The summed E-state index contributed by atoms with van der Waals surface area (Å²) in [4.78, 5) is 27.5. The van der Waals surface area contributed by atoms with Crippen LogP contribution < -0.4 is 20.3 Å². The van der Waals surface area contributed by atoms with Crippen molar-refractivity contribution in [3.8, 4) is 5.75 Å². The van der Waals surface area contributed by atoms with Gasteiger partial charge in [-0.05, 0) is 67.1 Å². The molecule has 0 fully saturated rings. The molecule has 170 valence electrons. The first kappa shape index (κ1) is 22.8. The normalized spacial score (nSPS) is 17.2. The molecule has 0 aromatic heterocycles. The second-order valence-electron chi connectivity index (χ2n) is 7.36. The van der Waals surface area contributed by atoms with E-state index in [0.717, 1.165) is 4.90 Å². The van der Waals surface area contributed by atoms with E-state index in [2.05, 4.69) is 26.6 Å². The number of carbonyl (C=O) groups excluding carboxylic acids is 2. The predicted octanol–water partition coefficient (Wildman–Crippen LogP) is 4.50. The van der Waals surface area contributed by atoms with Crippen molar-refractivity contribution in [2.45, 2.75) is 19.2 Å². The number of aliphatic hydroxyl groups is 1. The molecule has 4 rings (SSSR count). The minimum Gasteiger partial charge on any atom is -0.494 e. The van der Waals surface area contributed by atoms with Crippen LogP contribution in [0.15, 0.2) is 71.2 Å². The van der Waals surface area contributed by atoms with Crippen molar-refractivity contribution >= 4 is 39.2 Å². The van der Waals surface area contributed by atoms with Gasteiger partial charge in [-0.1, -0.05) is 28.1 Å². The summed E-state index contributed by atoms with van der Waals surface area (Å²) in [5.41, 5.74) is -0.919. The fourth-order valence-corrected chi connectivity index (χ4v) is 4.01. The fraction of sp³-hybridized carbons (Fsp3) is 0.167. The standard InChI is InChI=1S/C24H21BrFN3O4/c1-2-33-19-10-8-18(9-11-19)29-23(31)28-21-12-5-16(25)13-20(21)24(29,32)22(30)27-14-15-3-6-17(26)7-4-15/h3-13,32H,2,14H2,1H3,(H,27,30)(H,28,31)/t24-/m1/s1. The molecule has 3 amide bonds. The predicted molar refractivity (Wildman–Crippen MR) is 125 cm³/mol. The molecule has 1 aliphatic heterocycles. The van der Waals surface area contributed by atoms with Crippen LogP contribution in [-0.2, 0) is 17.1 Å². The molecular weight excluding hydrogens is 493 g/mol. The molecule has 0 unspecified atom stereocenters. The van der Waals surface area contributed by atoms with E-state index in [4.69, 9.17) is 4.74 Å². The Morgan fingerprint density at radius 1 is 1.15 bits per heavy atom. The Kier molecular flexibility index (Phi) is 6.35. The number of hydrogen-bond donors (Lipinski definition) is 3. The first-order valence-electron chi connectivity index (χ1n) is 10.2. The Morgan fingerprint density at radius 3 is 2.52 bits per heavy atom. The zero-order chi connectivity index (χ0) is 23.6. The monoisotopic (exact) mass is 513 g/mol. The molecule has 7 nitrogen and oxygen atoms in total. The van der Waals surface area contributed by atoms with Gasteiger partial charge < -0.3 is 20.5 Å². The first-order valence-corrected chi connectivity index (χ1v) is 11.0. The Balaban J connectivity index is 1.74. The smallest absolute Gasteiger partial charge is 0.329 e. The van der Waals surface area contributed by atoms with Gasteiger partial charge in [0.05, 0.1) is 12.3 Å². The van der Waals surface area contributed by atoms with Gasteiger partial charge in [0, 0.05) is 22.3 Å². The van der Waals surface area contributed by atoms with Crippen LogP contribution in [0.5, 0.6) is 5.75 Å². The van der Waals surface area contributed by atoms with E-state index in [0.29, 0.717) is 33.8 Å².